The van der Waals surface area contributed by atoms with Gasteiger partial charge in [-0.2, -0.15) is 14.8 Å². The summed E-state index contributed by atoms with van der Waals surface area (Å²) >= 11 is 0. The minimum absolute atomic E-state index is 0.0867. The zero-order valence-electron chi connectivity index (χ0n) is 14.9. The fraction of sp³-hybridized carbons (Fsp3) is 0.500. The number of ether oxygens (including phenoxy) is 1. The summed E-state index contributed by atoms with van der Waals surface area (Å²) in [5, 5.41) is 15.8. The van der Waals surface area contributed by atoms with Crippen molar-refractivity contribution in [2.75, 3.05) is 19.0 Å². The normalized spacial score (nSPS) is 19.6. The SMILES string of the molecule is COCCn1cc(-n2nnc3cnc(N[C@@H]4CC[C@@H](C(N)=O)C4)nc32)cn1. The van der Waals surface area contributed by atoms with Gasteiger partial charge in [-0.1, -0.05) is 5.21 Å². The molecule has 2 atom stereocenters. The Hall–Kier alpha value is -3.08. The van der Waals surface area contributed by atoms with Gasteiger partial charge in [-0.3, -0.25) is 9.48 Å². The van der Waals surface area contributed by atoms with E-state index in [1.165, 1.54) is 0 Å². The van der Waals surface area contributed by atoms with Crippen molar-refractivity contribution in [1.29, 1.82) is 0 Å². The lowest BCUT2D eigenvalue weighted by Gasteiger charge is -2.12. The minimum atomic E-state index is -0.247. The molecule has 0 bridgehead atoms. The molecule has 1 aliphatic rings. The van der Waals surface area contributed by atoms with Gasteiger partial charge in [-0.15, -0.1) is 5.10 Å². The van der Waals surface area contributed by atoms with Crippen molar-refractivity contribution in [3.8, 4) is 5.69 Å². The second-order valence-electron chi connectivity index (χ2n) is 6.61. The molecule has 1 saturated carbocycles. The van der Waals surface area contributed by atoms with E-state index >= 15 is 0 Å². The van der Waals surface area contributed by atoms with Gasteiger partial charge in [0.2, 0.25) is 11.9 Å². The minimum Gasteiger partial charge on any atom is -0.383 e. The lowest BCUT2D eigenvalue weighted by Crippen LogP contribution is -2.23. The fourth-order valence-electron chi connectivity index (χ4n) is 3.29. The quantitative estimate of drug-likeness (QED) is 0.597. The predicted molar refractivity (Wildman–Crippen MR) is 96.1 cm³/mol. The lowest BCUT2D eigenvalue weighted by molar-refractivity contribution is -0.121. The molecule has 142 valence electrons. The van der Waals surface area contributed by atoms with Crippen molar-refractivity contribution >= 4 is 23.0 Å². The van der Waals surface area contributed by atoms with Crippen LogP contribution in [0.4, 0.5) is 5.95 Å². The number of carbonyl (C=O) groups excluding carboxylic acids is 1. The third-order valence-electron chi connectivity index (χ3n) is 4.75. The van der Waals surface area contributed by atoms with Crippen LogP contribution in [0.1, 0.15) is 19.3 Å². The number of hydrogen-bond donors (Lipinski definition) is 2. The van der Waals surface area contributed by atoms with E-state index < -0.39 is 0 Å². The van der Waals surface area contributed by atoms with Crippen LogP contribution in [-0.4, -0.2) is 60.4 Å². The molecule has 0 unspecified atom stereocenters. The Kier molecular flexibility index (Phi) is 4.67. The molecule has 0 saturated heterocycles. The van der Waals surface area contributed by atoms with Gasteiger partial charge in [-0.05, 0) is 19.3 Å². The van der Waals surface area contributed by atoms with Crippen LogP contribution >= 0.6 is 0 Å². The summed E-state index contributed by atoms with van der Waals surface area (Å²) in [6.45, 7) is 1.22. The van der Waals surface area contributed by atoms with Crippen molar-refractivity contribution in [3.05, 3.63) is 18.6 Å². The van der Waals surface area contributed by atoms with E-state index in [4.69, 9.17) is 10.5 Å². The summed E-state index contributed by atoms with van der Waals surface area (Å²) < 4.78 is 8.46. The number of fused-ring (bicyclic) bond motifs is 1. The molecule has 0 radical (unpaired) electrons. The highest BCUT2D eigenvalue weighted by molar-refractivity contribution is 5.77. The van der Waals surface area contributed by atoms with Gasteiger partial charge in [0, 0.05) is 19.1 Å². The van der Waals surface area contributed by atoms with E-state index in [0.717, 1.165) is 18.5 Å². The van der Waals surface area contributed by atoms with Crippen LogP contribution in [0.5, 0.6) is 0 Å². The van der Waals surface area contributed by atoms with Gasteiger partial charge >= 0.3 is 0 Å². The Bertz CT molecular complexity index is 950. The van der Waals surface area contributed by atoms with E-state index in [1.807, 2.05) is 6.20 Å². The zero-order chi connectivity index (χ0) is 18.8. The van der Waals surface area contributed by atoms with Crippen LogP contribution in [0.15, 0.2) is 18.6 Å². The smallest absolute Gasteiger partial charge is 0.225 e. The second kappa shape index (κ2) is 7.27. The third kappa shape index (κ3) is 3.58. The second-order valence-corrected chi connectivity index (χ2v) is 6.61. The van der Waals surface area contributed by atoms with E-state index in [1.54, 1.807) is 28.9 Å². The Morgan fingerprint density at radius 1 is 1.41 bits per heavy atom. The molecule has 0 aromatic carbocycles. The number of nitrogens with two attached hydrogens (primary N) is 1. The highest BCUT2D eigenvalue weighted by Gasteiger charge is 2.28. The van der Waals surface area contributed by atoms with Gasteiger partial charge < -0.3 is 15.8 Å². The average Bonchev–Trinajstić information content (AvgIpc) is 3.39. The van der Waals surface area contributed by atoms with Gasteiger partial charge in [0.15, 0.2) is 11.2 Å². The first-order valence-electron chi connectivity index (χ1n) is 8.80. The maximum atomic E-state index is 11.3. The molecular formula is C16H21N9O2. The molecule has 3 heterocycles. The molecule has 11 heteroatoms. The molecule has 27 heavy (non-hydrogen) atoms. The molecule has 3 aromatic heterocycles. The number of primary amides is 1. The molecule has 4 rings (SSSR count). The van der Waals surface area contributed by atoms with E-state index in [-0.39, 0.29) is 17.9 Å². The van der Waals surface area contributed by atoms with Gasteiger partial charge in [0.05, 0.1) is 31.7 Å². The van der Waals surface area contributed by atoms with Crippen LogP contribution in [0.2, 0.25) is 0 Å². The largest absolute Gasteiger partial charge is 0.383 e. The number of amides is 1. The Balaban J connectivity index is 1.54. The molecule has 0 aliphatic heterocycles. The molecule has 1 amide bonds. The van der Waals surface area contributed by atoms with Crippen LogP contribution in [0, 0.1) is 5.92 Å². The van der Waals surface area contributed by atoms with Crippen LogP contribution in [0.3, 0.4) is 0 Å². The van der Waals surface area contributed by atoms with Crippen molar-refractivity contribution in [1.82, 2.24) is 34.7 Å². The summed E-state index contributed by atoms with van der Waals surface area (Å²) in [5.41, 5.74) is 7.33. The first-order chi connectivity index (χ1) is 13.1. The molecule has 3 N–H and O–H groups in total. The Morgan fingerprint density at radius 2 is 2.30 bits per heavy atom. The van der Waals surface area contributed by atoms with Crippen molar-refractivity contribution in [2.45, 2.75) is 31.8 Å². The summed E-state index contributed by atoms with van der Waals surface area (Å²) in [4.78, 5) is 20.2. The lowest BCUT2D eigenvalue weighted by atomic mass is 10.1. The predicted octanol–water partition coefficient (Wildman–Crippen LogP) is 0.119. The summed E-state index contributed by atoms with van der Waals surface area (Å²) in [5.74, 6) is 0.146. The van der Waals surface area contributed by atoms with Gasteiger partial charge in [-0.25, -0.2) is 4.98 Å². The van der Waals surface area contributed by atoms with E-state index in [0.29, 0.717) is 36.7 Å². The number of nitrogens with one attached hydrogen (secondary N) is 1. The van der Waals surface area contributed by atoms with Crippen LogP contribution in [-0.2, 0) is 16.1 Å². The summed E-state index contributed by atoms with van der Waals surface area (Å²) in [7, 11) is 1.65. The van der Waals surface area contributed by atoms with E-state index in [2.05, 4.69) is 30.7 Å². The number of methoxy groups -OCH3 is 1. The highest BCUT2D eigenvalue weighted by atomic mass is 16.5. The first kappa shape index (κ1) is 17.3. The maximum Gasteiger partial charge on any atom is 0.225 e. The monoisotopic (exact) mass is 371 g/mol. The number of aromatic nitrogens is 7. The van der Waals surface area contributed by atoms with Gasteiger partial charge in [0.25, 0.3) is 0 Å². The highest BCUT2D eigenvalue weighted by Crippen LogP contribution is 2.27. The molecule has 0 spiro atoms. The van der Waals surface area contributed by atoms with Crippen molar-refractivity contribution in [3.63, 3.8) is 0 Å². The molecule has 1 aliphatic carbocycles. The summed E-state index contributed by atoms with van der Waals surface area (Å²) in [6, 6.07) is 0.126. The first-order valence-corrected chi connectivity index (χ1v) is 8.80. The van der Waals surface area contributed by atoms with Crippen LogP contribution < -0.4 is 11.1 Å². The van der Waals surface area contributed by atoms with Crippen molar-refractivity contribution in [2.24, 2.45) is 11.7 Å². The maximum absolute atomic E-state index is 11.3. The summed E-state index contributed by atoms with van der Waals surface area (Å²) in [6.07, 6.45) is 7.53. The molecule has 11 nitrogen and oxygen atoms in total. The topological polar surface area (TPSA) is 139 Å². The standard InChI is InChI=1S/C16H21N9O2/c1-27-5-4-24-9-12(7-19-24)25-15-13(22-23-25)8-18-16(21-15)20-11-3-2-10(6-11)14(17)26/h7-11H,2-6H2,1H3,(H2,17,26)(H,18,20,21)/t10-,11-/m1/s1. The molecule has 1 fully saturated rings. The Morgan fingerprint density at radius 3 is 3.07 bits per heavy atom. The van der Waals surface area contributed by atoms with E-state index in [9.17, 15) is 4.79 Å². The number of hydrogen-bond acceptors (Lipinski definition) is 8. The number of anilines is 1. The number of nitrogens with zero attached hydrogens (tertiary/aromatic N) is 7. The third-order valence-corrected chi connectivity index (χ3v) is 4.75. The molecular weight excluding hydrogens is 350 g/mol. The number of carbonyl (C=O) groups is 1. The van der Waals surface area contributed by atoms with Gasteiger partial charge in [0.1, 0.15) is 5.69 Å². The zero-order valence-corrected chi connectivity index (χ0v) is 14.9. The average molecular weight is 371 g/mol. The Labute approximate surface area is 154 Å². The van der Waals surface area contributed by atoms with Crippen LogP contribution in [0.25, 0.3) is 16.9 Å². The van der Waals surface area contributed by atoms with Crippen molar-refractivity contribution < 1.29 is 9.53 Å². The fourth-order valence-corrected chi connectivity index (χ4v) is 3.29. The number of rotatable bonds is 7. The molecule has 3 aromatic rings.